The summed E-state index contributed by atoms with van der Waals surface area (Å²) >= 11 is 0. The summed E-state index contributed by atoms with van der Waals surface area (Å²) < 4.78 is 7.04. The summed E-state index contributed by atoms with van der Waals surface area (Å²) in [6, 6.07) is 17.6. The number of hydrogen-bond donors (Lipinski definition) is 0. The third-order valence-corrected chi connectivity index (χ3v) is 4.37. The highest BCUT2D eigenvalue weighted by molar-refractivity contribution is 5.81. The van der Waals surface area contributed by atoms with Gasteiger partial charge in [0.15, 0.2) is 0 Å². The number of amides is 1. The monoisotopic (exact) mass is 364 g/mol. The van der Waals surface area contributed by atoms with E-state index in [9.17, 15) is 4.79 Å². The first-order valence-corrected chi connectivity index (χ1v) is 8.75. The predicted molar refractivity (Wildman–Crippen MR) is 106 cm³/mol. The SMILES string of the molecule is COc1cccc(-n2cc(CN(C)C(=O)CN(C)c3ccccc3)cn2)c1. The van der Waals surface area contributed by atoms with Gasteiger partial charge in [-0.05, 0) is 24.3 Å². The van der Waals surface area contributed by atoms with Gasteiger partial charge in [-0.1, -0.05) is 24.3 Å². The number of aromatic nitrogens is 2. The molecule has 0 fully saturated rings. The van der Waals surface area contributed by atoms with E-state index >= 15 is 0 Å². The number of hydrogen-bond acceptors (Lipinski definition) is 4. The van der Waals surface area contributed by atoms with Crippen LogP contribution in [0.1, 0.15) is 5.56 Å². The lowest BCUT2D eigenvalue weighted by atomic mass is 10.3. The van der Waals surface area contributed by atoms with E-state index in [1.807, 2.05) is 79.8 Å². The van der Waals surface area contributed by atoms with E-state index in [2.05, 4.69) is 5.10 Å². The van der Waals surface area contributed by atoms with Gasteiger partial charge in [0.1, 0.15) is 5.75 Å². The Labute approximate surface area is 159 Å². The van der Waals surface area contributed by atoms with E-state index in [-0.39, 0.29) is 5.91 Å². The van der Waals surface area contributed by atoms with Crippen molar-refractivity contribution in [3.05, 3.63) is 72.6 Å². The average molecular weight is 364 g/mol. The molecule has 6 nitrogen and oxygen atoms in total. The van der Waals surface area contributed by atoms with Crippen LogP contribution in [0.5, 0.6) is 5.75 Å². The van der Waals surface area contributed by atoms with Crippen molar-refractivity contribution >= 4 is 11.6 Å². The highest BCUT2D eigenvalue weighted by atomic mass is 16.5. The summed E-state index contributed by atoms with van der Waals surface area (Å²) in [5.41, 5.74) is 2.90. The minimum atomic E-state index is 0.0514. The van der Waals surface area contributed by atoms with Crippen LogP contribution in [-0.2, 0) is 11.3 Å². The molecule has 3 rings (SSSR count). The van der Waals surface area contributed by atoms with Gasteiger partial charge in [0, 0.05) is 44.2 Å². The van der Waals surface area contributed by atoms with Gasteiger partial charge in [-0.3, -0.25) is 4.79 Å². The lowest BCUT2D eigenvalue weighted by molar-refractivity contribution is -0.128. The Kier molecular flexibility index (Phi) is 5.76. The van der Waals surface area contributed by atoms with Crippen molar-refractivity contribution in [1.29, 1.82) is 0 Å². The molecular formula is C21H24N4O2. The Balaban J connectivity index is 1.61. The second-order valence-corrected chi connectivity index (χ2v) is 6.44. The van der Waals surface area contributed by atoms with Crippen LogP contribution in [0, 0.1) is 0 Å². The number of ether oxygens (including phenoxy) is 1. The average Bonchev–Trinajstić information content (AvgIpc) is 3.17. The van der Waals surface area contributed by atoms with Crippen LogP contribution in [0.15, 0.2) is 67.0 Å². The van der Waals surface area contributed by atoms with Crippen molar-refractivity contribution < 1.29 is 9.53 Å². The summed E-state index contributed by atoms with van der Waals surface area (Å²) in [7, 11) is 5.37. The van der Waals surface area contributed by atoms with Gasteiger partial charge in [0.05, 0.1) is 25.5 Å². The van der Waals surface area contributed by atoms with Crippen molar-refractivity contribution in [2.45, 2.75) is 6.54 Å². The fourth-order valence-corrected chi connectivity index (χ4v) is 2.80. The number of rotatable bonds is 7. The number of anilines is 1. The van der Waals surface area contributed by atoms with Crippen LogP contribution in [0.3, 0.4) is 0 Å². The quantitative estimate of drug-likeness (QED) is 0.647. The maximum Gasteiger partial charge on any atom is 0.242 e. The molecule has 0 saturated carbocycles. The molecule has 0 unspecified atom stereocenters. The number of para-hydroxylation sites is 1. The molecule has 0 radical (unpaired) electrons. The zero-order valence-electron chi connectivity index (χ0n) is 15.9. The number of carbonyl (C=O) groups excluding carboxylic acids is 1. The molecule has 0 aliphatic heterocycles. The largest absolute Gasteiger partial charge is 0.497 e. The van der Waals surface area contributed by atoms with Crippen molar-refractivity contribution in [2.75, 3.05) is 32.6 Å². The molecule has 1 heterocycles. The molecule has 27 heavy (non-hydrogen) atoms. The summed E-state index contributed by atoms with van der Waals surface area (Å²) in [5.74, 6) is 0.830. The molecule has 1 amide bonds. The lowest BCUT2D eigenvalue weighted by Crippen LogP contribution is -2.36. The van der Waals surface area contributed by atoms with Gasteiger partial charge < -0.3 is 14.5 Å². The van der Waals surface area contributed by atoms with E-state index in [0.29, 0.717) is 13.1 Å². The van der Waals surface area contributed by atoms with Gasteiger partial charge in [-0.25, -0.2) is 4.68 Å². The summed E-state index contributed by atoms with van der Waals surface area (Å²) in [6.07, 6.45) is 3.71. The molecule has 0 aliphatic carbocycles. The Bertz CT molecular complexity index is 892. The maximum atomic E-state index is 12.5. The number of benzene rings is 2. The summed E-state index contributed by atoms with van der Waals surface area (Å²) in [5, 5.41) is 4.40. The van der Waals surface area contributed by atoms with E-state index in [1.54, 1.807) is 22.9 Å². The second-order valence-electron chi connectivity index (χ2n) is 6.44. The summed E-state index contributed by atoms with van der Waals surface area (Å²) in [4.78, 5) is 16.2. The van der Waals surface area contributed by atoms with E-state index in [1.165, 1.54) is 0 Å². The standard InChI is InChI=1S/C21H24N4O2/c1-23(18-8-5-4-6-9-18)16-21(26)24(2)14-17-13-22-25(15-17)19-10-7-11-20(12-19)27-3/h4-13,15H,14,16H2,1-3H3. The molecule has 0 saturated heterocycles. The first kappa shape index (κ1) is 18.5. The molecule has 0 aliphatic rings. The molecule has 1 aromatic heterocycles. The first-order chi connectivity index (χ1) is 13.1. The van der Waals surface area contributed by atoms with Crippen LogP contribution >= 0.6 is 0 Å². The van der Waals surface area contributed by atoms with E-state index in [4.69, 9.17) is 4.74 Å². The highest BCUT2D eigenvalue weighted by Crippen LogP contribution is 2.17. The highest BCUT2D eigenvalue weighted by Gasteiger charge is 2.13. The van der Waals surface area contributed by atoms with Crippen molar-refractivity contribution in [3.8, 4) is 11.4 Å². The van der Waals surface area contributed by atoms with Gasteiger partial charge in [-0.15, -0.1) is 0 Å². The molecule has 0 atom stereocenters. The Morgan fingerprint density at radius 3 is 2.63 bits per heavy atom. The van der Waals surface area contributed by atoms with E-state index in [0.717, 1.165) is 22.7 Å². The topological polar surface area (TPSA) is 50.6 Å². The minimum absolute atomic E-state index is 0.0514. The predicted octanol–water partition coefficient (Wildman–Crippen LogP) is 2.98. The Hall–Kier alpha value is -3.28. The molecule has 0 spiro atoms. The Morgan fingerprint density at radius 1 is 1.11 bits per heavy atom. The lowest BCUT2D eigenvalue weighted by Gasteiger charge is -2.23. The Morgan fingerprint density at radius 2 is 1.89 bits per heavy atom. The van der Waals surface area contributed by atoms with Crippen molar-refractivity contribution in [1.82, 2.24) is 14.7 Å². The molecular weight excluding hydrogens is 340 g/mol. The zero-order chi connectivity index (χ0) is 19.2. The van der Waals surface area contributed by atoms with Gasteiger partial charge in [0.2, 0.25) is 5.91 Å². The number of carbonyl (C=O) groups is 1. The van der Waals surface area contributed by atoms with Crippen LogP contribution in [-0.4, -0.2) is 48.3 Å². The minimum Gasteiger partial charge on any atom is -0.497 e. The third kappa shape index (κ3) is 4.67. The number of nitrogens with zero attached hydrogens (tertiary/aromatic N) is 4. The van der Waals surface area contributed by atoms with E-state index < -0.39 is 0 Å². The second kappa shape index (κ2) is 8.40. The number of methoxy groups -OCH3 is 1. The molecule has 2 aromatic carbocycles. The van der Waals surface area contributed by atoms with Crippen LogP contribution in [0.2, 0.25) is 0 Å². The van der Waals surface area contributed by atoms with Crippen molar-refractivity contribution in [3.63, 3.8) is 0 Å². The van der Waals surface area contributed by atoms with Crippen LogP contribution < -0.4 is 9.64 Å². The van der Waals surface area contributed by atoms with Gasteiger partial charge in [0.25, 0.3) is 0 Å². The molecule has 0 bridgehead atoms. The van der Waals surface area contributed by atoms with Crippen LogP contribution in [0.4, 0.5) is 5.69 Å². The maximum absolute atomic E-state index is 12.5. The molecule has 3 aromatic rings. The van der Waals surface area contributed by atoms with Crippen molar-refractivity contribution in [2.24, 2.45) is 0 Å². The van der Waals surface area contributed by atoms with Gasteiger partial charge >= 0.3 is 0 Å². The molecule has 6 heteroatoms. The third-order valence-electron chi connectivity index (χ3n) is 4.37. The fraction of sp³-hybridized carbons (Fsp3) is 0.238. The molecule has 140 valence electrons. The van der Waals surface area contributed by atoms with Crippen LogP contribution in [0.25, 0.3) is 5.69 Å². The first-order valence-electron chi connectivity index (χ1n) is 8.75. The fourth-order valence-electron chi connectivity index (χ4n) is 2.80. The summed E-state index contributed by atoms with van der Waals surface area (Å²) in [6.45, 7) is 0.829. The molecule has 0 N–H and O–H groups in total. The zero-order valence-corrected chi connectivity index (χ0v) is 15.9. The normalized spacial score (nSPS) is 10.5. The smallest absolute Gasteiger partial charge is 0.242 e. The number of likely N-dealkylation sites (N-methyl/N-ethyl adjacent to an activating group) is 2. The van der Waals surface area contributed by atoms with Gasteiger partial charge in [-0.2, -0.15) is 5.10 Å².